The van der Waals surface area contributed by atoms with Crippen molar-refractivity contribution in [3.05, 3.63) is 41.9 Å². The molecule has 20 heavy (non-hydrogen) atoms. The molecule has 108 valence electrons. The molecule has 1 aromatic carbocycles. The number of ether oxygens (including phenoxy) is 3. The topological polar surface area (TPSA) is 52.9 Å². The summed E-state index contributed by atoms with van der Waals surface area (Å²) >= 11 is 0. The molecule has 2 rings (SSSR count). The van der Waals surface area contributed by atoms with E-state index in [9.17, 15) is 0 Å². The van der Waals surface area contributed by atoms with Crippen LogP contribution in [0, 0.1) is 0 Å². The van der Waals surface area contributed by atoms with Gasteiger partial charge in [0, 0.05) is 24.2 Å². The van der Waals surface area contributed by atoms with E-state index in [1.807, 2.05) is 18.2 Å². The molecule has 0 saturated carbocycles. The summed E-state index contributed by atoms with van der Waals surface area (Å²) in [4.78, 5) is 0. The van der Waals surface area contributed by atoms with E-state index >= 15 is 0 Å². The SMILES string of the molecule is COc1ccc(CNCc2ccoc2)c(OC)c1OC. The van der Waals surface area contributed by atoms with Gasteiger partial charge in [-0.05, 0) is 12.1 Å². The van der Waals surface area contributed by atoms with Crippen LogP contribution in [0.4, 0.5) is 0 Å². The van der Waals surface area contributed by atoms with Gasteiger partial charge in [0.25, 0.3) is 0 Å². The second-order valence-electron chi connectivity index (χ2n) is 4.23. The monoisotopic (exact) mass is 277 g/mol. The fraction of sp³-hybridized carbons (Fsp3) is 0.333. The summed E-state index contributed by atoms with van der Waals surface area (Å²) in [7, 11) is 4.83. The van der Waals surface area contributed by atoms with Crippen LogP contribution in [0.5, 0.6) is 17.2 Å². The zero-order valence-electron chi connectivity index (χ0n) is 11.9. The zero-order valence-corrected chi connectivity index (χ0v) is 11.9. The van der Waals surface area contributed by atoms with Crippen molar-refractivity contribution in [1.82, 2.24) is 5.32 Å². The van der Waals surface area contributed by atoms with Crippen molar-refractivity contribution >= 4 is 0 Å². The summed E-state index contributed by atoms with van der Waals surface area (Å²) in [6.07, 6.45) is 3.38. The Labute approximate surface area is 118 Å². The minimum Gasteiger partial charge on any atom is -0.493 e. The minimum absolute atomic E-state index is 0.609. The van der Waals surface area contributed by atoms with Gasteiger partial charge in [-0.2, -0.15) is 0 Å². The molecule has 0 aliphatic carbocycles. The van der Waals surface area contributed by atoms with Crippen LogP contribution in [0.25, 0.3) is 0 Å². The van der Waals surface area contributed by atoms with Crippen LogP contribution < -0.4 is 19.5 Å². The van der Waals surface area contributed by atoms with Gasteiger partial charge in [0.1, 0.15) is 0 Å². The predicted molar refractivity (Wildman–Crippen MR) is 75.3 cm³/mol. The Morgan fingerprint density at radius 2 is 1.75 bits per heavy atom. The number of furan rings is 1. The van der Waals surface area contributed by atoms with Crippen LogP contribution in [0.1, 0.15) is 11.1 Å². The number of rotatable bonds is 7. The smallest absolute Gasteiger partial charge is 0.203 e. The summed E-state index contributed by atoms with van der Waals surface area (Å²) in [6.45, 7) is 1.39. The third kappa shape index (κ3) is 3.05. The maximum atomic E-state index is 5.43. The molecule has 0 aliphatic heterocycles. The van der Waals surface area contributed by atoms with Crippen LogP contribution in [0.2, 0.25) is 0 Å². The molecule has 0 atom stereocenters. The molecule has 0 bridgehead atoms. The highest BCUT2D eigenvalue weighted by Gasteiger charge is 2.15. The van der Waals surface area contributed by atoms with Gasteiger partial charge in [0.2, 0.25) is 5.75 Å². The van der Waals surface area contributed by atoms with E-state index in [1.165, 1.54) is 0 Å². The molecule has 1 aromatic heterocycles. The number of hydrogen-bond donors (Lipinski definition) is 1. The van der Waals surface area contributed by atoms with Crippen molar-refractivity contribution in [2.75, 3.05) is 21.3 Å². The van der Waals surface area contributed by atoms with Gasteiger partial charge in [-0.3, -0.25) is 0 Å². The molecule has 2 aromatic rings. The van der Waals surface area contributed by atoms with Crippen molar-refractivity contribution in [2.24, 2.45) is 0 Å². The maximum absolute atomic E-state index is 5.43. The van der Waals surface area contributed by atoms with Crippen molar-refractivity contribution in [1.29, 1.82) is 0 Å². The van der Waals surface area contributed by atoms with Crippen LogP contribution in [0.15, 0.2) is 35.1 Å². The molecule has 0 amide bonds. The van der Waals surface area contributed by atoms with Crippen molar-refractivity contribution in [3.63, 3.8) is 0 Å². The van der Waals surface area contributed by atoms with Gasteiger partial charge < -0.3 is 23.9 Å². The summed E-state index contributed by atoms with van der Waals surface area (Å²) in [5.41, 5.74) is 2.11. The predicted octanol–water partition coefficient (Wildman–Crippen LogP) is 2.60. The molecular weight excluding hydrogens is 258 g/mol. The number of nitrogens with one attached hydrogen (secondary N) is 1. The normalized spacial score (nSPS) is 10.3. The summed E-state index contributed by atoms with van der Waals surface area (Å²) in [6, 6.07) is 5.76. The fourth-order valence-electron chi connectivity index (χ4n) is 2.04. The Morgan fingerprint density at radius 1 is 0.950 bits per heavy atom. The van der Waals surface area contributed by atoms with Crippen molar-refractivity contribution < 1.29 is 18.6 Å². The first-order valence-corrected chi connectivity index (χ1v) is 6.29. The third-order valence-corrected chi connectivity index (χ3v) is 3.01. The fourth-order valence-corrected chi connectivity index (χ4v) is 2.04. The van der Waals surface area contributed by atoms with E-state index in [4.69, 9.17) is 18.6 Å². The highest BCUT2D eigenvalue weighted by atomic mass is 16.5. The number of methoxy groups -OCH3 is 3. The molecule has 5 heteroatoms. The maximum Gasteiger partial charge on any atom is 0.203 e. The van der Waals surface area contributed by atoms with Gasteiger partial charge in [-0.25, -0.2) is 0 Å². The molecule has 0 unspecified atom stereocenters. The van der Waals surface area contributed by atoms with E-state index in [1.54, 1.807) is 33.9 Å². The van der Waals surface area contributed by atoms with E-state index in [0.717, 1.165) is 17.7 Å². The molecule has 5 nitrogen and oxygen atoms in total. The largest absolute Gasteiger partial charge is 0.493 e. The Balaban J connectivity index is 2.10. The summed E-state index contributed by atoms with van der Waals surface area (Å²) < 4.78 is 21.1. The van der Waals surface area contributed by atoms with Crippen LogP contribution >= 0.6 is 0 Å². The molecule has 0 spiro atoms. The Morgan fingerprint density at radius 3 is 2.35 bits per heavy atom. The zero-order chi connectivity index (χ0) is 14.4. The van der Waals surface area contributed by atoms with E-state index in [2.05, 4.69) is 5.32 Å². The van der Waals surface area contributed by atoms with Crippen molar-refractivity contribution in [3.8, 4) is 17.2 Å². The summed E-state index contributed by atoms with van der Waals surface area (Å²) in [5.74, 6) is 1.95. The van der Waals surface area contributed by atoms with Crippen LogP contribution in [-0.2, 0) is 13.1 Å². The average molecular weight is 277 g/mol. The quantitative estimate of drug-likeness (QED) is 0.843. The molecule has 0 fully saturated rings. The lowest BCUT2D eigenvalue weighted by atomic mass is 10.1. The first-order chi connectivity index (χ1) is 9.80. The molecule has 0 radical (unpaired) electrons. The lowest BCUT2D eigenvalue weighted by Gasteiger charge is -2.16. The summed E-state index contributed by atoms with van der Waals surface area (Å²) in [5, 5.41) is 3.33. The highest BCUT2D eigenvalue weighted by Crippen LogP contribution is 2.39. The van der Waals surface area contributed by atoms with E-state index in [-0.39, 0.29) is 0 Å². The Hall–Kier alpha value is -2.14. The van der Waals surface area contributed by atoms with Gasteiger partial charge in [0.05, 0.1) is 33.9 Å². The average Bonchev–Trinajstić information content (AvgIpc) is 2.99. The number of benzene rings is 1. The first kappa shape index (κ1) is 14.3. The van der Waals surface area contributed by atoms with Gasteiger partial charge in [0.15, 0.2) is 11.5 Å². The lowest BCUT2D eigenvalue weighted by molar-refractivity contribution is 0.321. The molecular formula is C15H19NO4. The molecule has 0 saturated heterocycles. The third-order valence-electron chi connectivity index (χ3n) is 3.01. The van der Waals surface area contributed by atoms with E-state index < -0.39 is 0 Å². The highest BCUT2D eigenvalue weighted by molar-refractivity contribution is 5.55. The van der Waals surface area contributed by atoms with Gasteiger partial charge >= 0.3 is 0 Å². The van der Waals surface area contributed by atoms with Crippen LogP contribution in [0.3, 0.4) is 0 Å². The lowest BCUT2D eigenvalue weighted by Crippen LogP contribution is -2.13. The van der Waals surface area contributed by atoms with Gasteiger partial charge in [-0.1, -0.05) is 6.07 Å². The van der Waals surface area contributed by atoms with Gasteiger partial charge in [-0.15, -0.1) is 0 Å². The molecule has 1 N–H and O–H groups in total. The number of hydrogen-bond acceptors (Lipinski definition) is 5. The molecule has 1 heterocycles. The standard InChI is InChI=1S/C15H19NO4/c1-17-13-5-4-12(14(18-2)15(13)19-3)9-16-8-11-6-7-20-10-11/h4-7,10,16H,8-9H2,1-3H3. The first-order valence-electron chi connectivity index (χ1n) is 6.29. The molecule has 0 aliphatic rings. The minimum atomic E-state index is 0.609. The second kappa shape index (κ2) is 6.86. The second-order valence-corrected chi connectivity index (χ2v) is 4.23. The van der Waals surface area contributed by atoms with Crippen molar-refractivity contribution in [2.45, 2.75) is 13.1 Å². The van der Waals surface area contributed by atoms with Crippen LogP contribution in [-0.4, -0.2) is 21.3 Å². The Kier molecular flexibility index (Phi) is 4.90. The van der Waals surface area contributed by atoms with E-state index in [0.29, 0.717) is 23.8 Å². The Bertz CT molecular complexity index is 537.